The SMILES string of the molecule is C[C@@H]1C=Cc2c(oc3ccc(-c4cc(-c5cccc(-c6nc7cccc(-c8cccc(-c9ccccc9)c8)c7c7c6OC6=CC=CCC67C)c5)nc(-c5ccccc5)n4)cc23)C1. The molecular formula is C57H41N3O2. The highest BCUT2D eigenvalue weighted by Gasteiger charge is 2.45. The molecule has 0 saturated carbocycles. The van der Waals surface area contributed by atoms with Gasteiger partial charge in [-0.3, -0.25) is 0 Å². The molecule has 0 N–H and O–H groups in total. The number of nitrogens with zero attached hydrogens (tertiary/aromatic N) is 3. The van der Waals surface area contributed by atoms with E-state index in [1.54, 1.807) is 0 Å². The summed E-state index contributed by atoms with van der Waals surface area (Å²) in [6.07, 6.45) is 12.7. The van der Waals surface area contributed by atoms with Crippen LogP contribution in [0, 0.1) is 5.92 Å². The second kappa shape index (κ2) is 14.2. The number of rotatable bonds is 6. The van der Waals surface area contributed by atoms with E-state index in [-0.39, 0.29) is 5.41 Å². The monoisotopic (exact) mass is 799 g/mol. The fraction of sp³-hybridized carbons (Fsp3) is 0.105. The van der Waals surface area contributed by atoms with Crippen LogP contribution in [0.4, 0.5) is 0 Å². The second-order valence-electron chi connectivity index (χ2n) is 17.0. The molecule has 0 amide bonds. The van der Waals surface area contributed by atoms with Crippen molar-refractivity contribution >= 4 is 27.9 Å². The Hall–Kier alpha value is -7.63. The summed E-state index contributed by atoms with van der Waals surface area (Å²) in [4.78, 5) is 15.9. The molecule has 296 valence electrons. The third-order valence-corrected chi connectivity index (χ3v) is 12.9. The second-order valence-corrected chi connectivity index (χ2v) is 17.0. The summed E-state index contributed by atoms with van der Waals surface area (Å²) in [5.41, 5.74) is 14.8. The molecule has 1 unspecified atom stereocenters. The molecule has 5 nitrogen and oxygen atoms in total. The van der Waals surface area contributed by atoms with Crippen LogP contribution in [-0.4, -0.2) is 15.0 Å². The average Bonchev–Trinajstić information content (AvgIpc) is 3.85. The molecule has 9 aromatic rings. The molecule has 0 spiro atoms. The number of allylic oxidation sites excluding steroid dienone is 5. The van der Waals surface area contributed by atoms with E-state index in [2.05, 4.69) is 178 Å². The van der Waals surface area contributed by atoms with Crippen molar-refractivity contribution in [1.29, 1.82) is 0 Å². The largest absolute Gasteiger partial charge is 0.460 e. The third-order valence-electron chi connectivity index (χ3n) is 12.9. The molecule has 0 saturated heterocycles. The summed E-state index contributed by atoms with van der Waals surface area (Å²) in [6, 6.07) is 53.2. The number of pyridine rings is 1. The minimum atomic E-state index is -0.361. The van der Waals surface area contributed by atoms with Crippen molar-refractivity contribution in [2.24, 2.45) is 5.92 Å². The minimum absolute atomic E-state index is 0.361. The average molecular weight is 800 g/mol. The van der Waals surface area contributed by atoms with Crippen molar-refractivity contribution in [2.75, 3.05) is 0 Å². The van der Waals surface area contributed by atoms with Crippen LogP contribution in [0.2, 0.25) is 0 Å². The first kappa shape index (κ1) is 36.2. The number of furan rings is 1. The number of benzene rings is 6. The van der Waals surface area contributed by atoms with Gasteiger partial charge in [0.2, 0.25) is 0 Å². The maximum absolute atomic E-state index is 6.97. The van der Waals surface area contributed by atoms with Crippen LogP contribution in [0.1, 0.15) is 37.2 Å². The lowest BCUT2D eigenvalue weighted by Crippen LogP contribution is -2.23. The lowest BCUT2D eigenvalue weighted by Gasteiger charge is -2.26. The zero-order valence-corrected chi connectivity index (χ0v) is 34.5. The molecule has 3 aromatic heterocycles. The van der Waals surface area contributed by atoms with Gasteiger partial charge < -0.3 is 9.15 Å². The van der Waals surface area contributed by atoms with Gasteiger partial charge in [0.15, 0.2) is 11.6 Å². The molecule has 0 radical (unpaired) electrons. The zero-order chi connectivity index (χ0) is 41.4. The van der Waals surface area contributed by atoms with Crippen LogP contribution in [0.3, 0.4) is 0 Å². The van der Waals surface area contributed by atoms with E-state index in [1.807, 2.05) is 18.2 Å². The Bertz CT molecular complexity index is 3360. The van der Waals surface area contributed by atoms with Crippen LogP contribution in [-0.2, 0) is 11.8 Å². The summed E-state index contributed by atoms with van der Waals surface area (Å²) >= 11 is 0. The van der Waals surface area contributed by atoms with Crippen molar-refractivity contribution in [1.82, 2.24) is 15.0 Å². The van der Waals surface area contributed by atoms with Gasteiger partial charge in [0.25, 0.3) is 0 Å². The van der Waals surface area contributed by atoms with Gasteiger partial charge >= 0.3 is 0 Å². The smallest absolute Gasteiger partial charge is 0.160 e. The van der Waals surface area contributed by atoms with Crippen LogP contribution in [0.25, 0.3) is 95.4 Å². The van der Waals surface area contributed by atoms with Crippen molar-refractivity contribution in [3.8, 4) is 73.2 Å². The first-order valence-corrected chi connectivity index (χ1v) is 21.4. The molecule has 5 heteroatoms. The number of hydrogen-bond acceptors (Lipinski definition) is 5. The summed E-state index contributed by atoms with van der Waals surface area (Å²) < 4.78 is 13.3. The van der Waals surface area contributed by atoms with Crippen LogP contribution < -0.4 is 4.74 Å². The highest BCUT2D eigenvalue weighted by atomic mass is 16.5. The molecule has 12 rings (SSSR count). The highest BCUT2D eigenvalue weighted by Crippen LogP contribution is 2.56. The number of hydrogen-bond donors (Lipinski definition) is 0. The predicted octanol–water partition coefficient (Wildman–Crippen LogP) is 14.5. The van der Waals surface area contributed by atoms with Crippen molar-refractivity contribution in [2.45, 2.75) is 32.1 Å². The zero-order valence-electron chi connectivity index (χ0n) is 34.5. The van der Waals surface area contributed by atoms with E-state index in [0.717, 1.165) is 108 Å². The van der Waals surface area contributed by atoms with Gasteiger partial charge in [-0.15, -0.1) is 0 Å². The Morgan fingerprint density at radius 1 is 0.629 bits per heavy atom. The maximum atomic E-state index is 6.97. The molecule has 0 bridgehead atoms. The molecule has 0 fully saturated rings. The third kappa shape index (κ3) is 5.95. The molecule has 4 heterocycles. The summed E-state index contributed by atoms with van der Waals surface area (Å²) in [7, 11) is 0. The van der Waals surface area contributed by atoms with Gasteiger partial charge in [0, 0.05) is 50.6 Å². The molecule has 62 heavy (non-hydrogen) atoms. The van der Waals surface area contributed by atoms with E-state index in [9.17, 15) is 0 Å². The summed E-state index contributed by atoms with van der Waals surface area (Å²) in [5, 5.41) is 2.23. The van der Waals surface area contributed by atoms with Gasteiger partial charge in [-0.2, -0.15) is 0 Å². The first-order valence-electron chi connectivity index (χ1n) is 21.4. The fourth-order valence-electron chi connectivity index (χ4n) is 9.65. The normalized spacial score (nSPS) is 17.4. The van der Waals surface area contributed by atoms with Crippen LogP contribution in [0.15, 0.2) is 186 Å². The maximum Gasteiger partial charge on any atom is 0.160 e. The first-order chi connectivity index (χ1) is 30.5. The van der Waals surface area contributed by atoms with E-state index in [1.165, 1.54) is 16.7 Å². The quantitative estimate of drug-likeness (QED) is 0.168. The number of fused-ring (bicyclic) bond motifs is 8. The van der Waals surface area contributed by atoms with Crippen LogP contribution >= 0.6 is 0 Å². The topological polar surface area (TPSA) is 61.0 Å². The summed E-state index contributed by atoms with van der Waals surface area (Å²) in [5.74, 6) is 3.93. The van der Waals surface area contributed by atoms with Crippen molar-refractivity contribution in [3.05, 3.63) is 199 Å². The molecule has 2 aliphatic carbocycles. The van der Waals surface area contributed by atoms with Crippen molar-refractivity contribution < 1.29 is 9.15 Å². The van der Waals surface area contributed by atoms with Crippen molar-refractivity contribution in [3.63, 3.8) is 0 Å². The van der Waals surface area contributed by atoms with Gasteiger partial charge in [0.05, 0.1) is 22.3 Å². The standard InChI is InChI=1S/C57H41N3O2/c1-35-25-27-44-45-33-41(26-28-49(45)61-50(44)30-35)48-34-47(59-56(60-48)37-16-7-4-8-17-37)40-20-12-21-42(32-40)54-55-53(57(2)29-10-9-24-51(57)62-55)52-43(22-13-23-46(52)58-54)39-19-11-18-38(31-39)36-14-5-3-6-15-36/h3-28,31-35H,29-30H2,1-2H3/t35-,57?/m1/s1. The Morgan fingerprint density at radius 3 is 2.15 bits per heavy atom. The van der Waals surface area contributed by atoms with E-state index in [4.69, 9.17) is 24.1 Å². The number of ether oxygens (including phenoxy) is 1. The molecule has 2 atom stereocenters. The lowest BCUT2D eigenvalue weighted by atomic mass is 9.74. The number of aromatic nitrogens is 3. The van der Waals surface area contributed by atoms with E-state index < -0.39 is 0 Å². The van der Waals surface area contributed by atoms with Gasteiger partial charge in [-0.1, -0.05) is 140 Å². The Morgan fingerprint density at radius 2 is 1.32 bits per heavy atom. The van der Waals surface area contributed by atoms with E-state index >= 15 is 0 Å². The Labute approximate surface area is 360 Å². The van der Waals surface area contributed by atoms with E-state index in [0.29, 0.717) is 11.7 Å². The minimum Gasteiger partial charge on any atom is -0.460 e. The Balaban J connectivity index is 1.02. The Kier molecular flexibility index (Phi) is 8.33. The molecule has 3 aliphatic rings. The lowest BCUT2D eigenvalue weighted by molar-refractivity contribution is 0.377. The van der Waals surface area contributed by atoms with Gasteiger partial charge in [0.1, 0.15) is 22.8 Å². The highest BCUT2D eigenvalue weighted by molar-refractivity contribution is 6.03. The van der Waals surface area contributed by atoms with Crippen LogP contribution in [0.5, 0.6) is 5.75 Å². The molecule has 1 aliphatic heterocycles. The van der Waals surface area contributed by atoms with Gasteiger partial charge in [-0.25, -0.2) is 15.0 Å². The molecular weight excluding hydrogens is 759 g/mol. The molecule has 6 aromatic carbocycles. The predicted molar refractivity (Wildman–Crippen MR) is 251 cm³/mol. The van der Waals surface area contributed by atoms with Gasteiger partial charge in [-0.05, 0) is 90.1 Å². The summed E-state index contributed by atoms with van der Waals surface area (Å²) in [6.45, 7) is 4.54. The fourth-order valence-corrected chi connectivity index (χ4v) is 9.65.